The van der Waals surface area contributed by atoms with Crippen molar-refractivity contribution in [2.75, 3.05) is 13.2 Å². The summed E-state index contributed by atoms with van der Waals surface area (Å²) >= 11 is 0. The van der Waals surface area contributed by atoms with Crippen molar-refractivity contribution in [3.05, 3.63) is 141 Å². The van der Waals surface area contributed by atoms with Crippen LogP contribution >= 0.6 is 0 Å². The molecule has 9 N–H and O–H groups in total. The quantitative estimate of drug-likeness (QED) is 0.155. The number of aliphatic hydroxyl groups is 5. The molecule has 2 saturated carbocycles. The SMILES string of the molecule is C=C(C=C1C=C[C@@]2(CC[C@@]3(C4CC[C@H](O)Cc5cccc(c5)CC[C@@H](O)CN[C@@H]5C(=O)N[C@@H](N)c6cccc(c65)CC(=O)C(C)=C4CC[C@@]3(C)O)[C@@H]2O)C(CO)=C1)CCC=C(C)C. The fourth-order valence-corrected chi connectivity index (χ4v) is 11.7. The van der Waals surface area contributed by atoms with E-state index >= 15 is 0 Å². The summed E-state index contributed by atoms with van der Waals surface area (Å²) < 4.78 is 0. The van der Waals surface area contributed by atoms with Gasteiger partial charge >= 0.3 is 0 Å². The Morgan fingerprint density at radius 3 is 2.51 bits per heavy atom. The summed E-state index contributed by atoms with van der Waals surface area (Å²) in [5, 5.41) is 65.7. The van der Waals surface area contributed by atoms with E-state index in [1.54, 1.807) is 0 Å². The lowest BCUT2D eigenvalue weighted by Gasteiger charge is -2.57. The Morgan fingerprint density at radius 2 is 1.75 bits per heavy atom. The molecule has 2 aromatic carbocycles. The molecule has 5 aliphatic rings. The van der Waals surface area contributed by atoms with E-state index in [-0.39, 0.29) is 31.3 Å². The number of rotatable bonds is 5. The van der Waals surface area contributed by atoms with Gasteiger partial charge in [-0.3, -0.25) is 14.9 Å². The Balaban J connectivity index is 1.30. The Kier molecular flexibility index (Phi) is 14.1. The van der Waals surface area contributed by atoms with Gasteiger partial charge in [0.05, 0.1) is 30.5 Å². The number of fused-ring (bicyclic) bond motifs is 4. The molecule has 63 heavy (non-hydrogen) atoms. The fraction of sp³-hybridized carbons (Fsp3) is 0.509. The molecule has 7 rings (SSSR count). The first-order chi connectivity index (χ1) is 30.0. The minimum atomic E-state index is -1.35. The van der Waals surface area contributed by atoms with Crippen molar-refractivity contribution >= 4 is 11.7 Å². The molecule has 2 fully saturated rings. The summed E-state index contributed by atoms with van der Waals surface area (Å²) in [6.45, 7) is 12.0. The Morgan fingerprint density at radius 1 is 0.984 bits per heavy atom. The Hall–Kier alpha value is -4.26. The maximum atomic E-state index is 14.8. The van der Waals surface area contributed by atoms with Gasteiger partial charge in [-0.1, -0.05) is 96.1 Å². The first-order valence-corrected chi connectivity index (χ1v) is 23.0. The summed E-state index contributed by atoms with van der Waals surface area (Å²) in [6.07, 6.45) is 12.4. The minimum Gasteiger partial charge on any atom is -0.393 e. The van der Waals surface area contributed by atoms with Gasteiger partial charge < -0.3 is 36.6 Å². The molecule has 1 unspecified atom stereocenters. The third-order valence-corrected chi connectivity index (χ3v) is 15.2. The van der Waals surface area contributed by atoms with E-state index in [4.69, 9.17) is 5.73 Å². The summed E-state index contributed by atoms with van der Waals surface area (Å²) in [7, 11) is 0. The van der Waals surface area contributed by atoms with Gasteiger partial charge in [-0.25, -0.2) is 0 Å². The van der Waals surface area contributed by atoms with Gasteiger partial charge in [0.1, 0.15) is 12.2 Å². The van der Waals surface area contributed by atoms with Crippen LogP contribution in [0.5, 0.6) is 0 Å². The molecular weight excluding hydrogens is 791 g/mol. The maximum absolute atomic E-state index is 14.8. The number of β-amino-alcohol motifs (C(OH)–C–C–N with tert-alkyl or cyclic N) is 1. The molecule has 0 aromatic heterocycles. The predicted molar refractivity (Wildman–Crippen MR) is 247 cm³/mol. The smallest absolute Gasteiger partial charge is 0.243 e. The number of carbonyl (C=O) groups excluding carboxylic acids is 2. The molecule has 3 aliphatic carbocycles. The number of ketones is 1. The van der Waals surface area contributed by atoms with Gasteiger partial charge in [0.25, 0.3) is 0 Å². The largest absolute Gasteiger partial charge is 0.393 e. The summed E-state index contributed by atoms with van der Waals surface area (Å²) in [5.41, 5.74) is 12.2. The molecule has 0 saturated heterocycles. The van der Waals surface area contributed by atoms with Crippen molar-refractivity contribution in [1.29, 1.82) is 0 Å². The second kappa shape index (κ2) is 19.1. The van der Waals surface area contributed by atoms with Gasteiger partial charge in [-0.15, -0.1) is 0 Å². The van der Waals surface area contributed by atoms with E-state index in [0.29, 0.717) is 85.6 Å². The number of benzene rings is 2. The molecule has 10 heteroatoms. The molecule has 9 atom stereocenters. The number of carbonyl (C=O) groups is 2. The number of nitrogens with two attached hydrogens (primary N) is 1. The van der Waals surface area contributed by atoms with E-state index in [9.17, 15) is 35.1 Å². The zero-order valence-electron chi connectivity index (χ0n) is 37.6. The topological polar surface area (TPSA) is 185 Å². The molecule has 1 amide bonds. The molecular formula is C53H69N3O7. The van der Waals surface area contributed by atoms with Crippen LogP contribution in [0, 0.1) is 16.7 Å². The zero-order valence-corrected chi connectivity index (χ0v) is 37.6. The maximum Gasteiger partial charge on any atom is 0.243 e. The number of hydrogen-bond acceptors (Lipinski definition) is 9. The van der Waals surface area contributed by atoms with E-state index in [0.717, 1.165) is 40.7 Å². The number of aliphatic hydroxyl groups excluding tert-OH is 4. The third kappa shape index (κ3) is 9.32. The lowest BCUT2D eigenvalue weighted by molar-refractivity contribution is -0.174. The van der Waals surface area contributed by atoms with E-state index in [2.05, 4.69) is 43.2 Å². The lowest BCUT2D eigenvalue weighted by atomic mass is 9.51. The van der Waals surface area contributed by atoms with Gasteiger partial charge in [0.2, 0.25) is 5.91 Å². The number of Topliss-reactive ketones (excluding diaryl/α,β-unsaturated/α-hetero) is 1. The van der Waals surface area contributed by atoms with Crippen LogP contribution in [0.25, 0.3) is 0 Å². The molecule has 2 aromatic rings. The predicted octanol–water partition coefficient (Wildman–Crippen LogP) is 6.53. The van der Waals surface area contributed by atoms with Crippen LogP contribution in [0.15, 0.2) is 113 Å². The van der Waals surface area contributed by atoms with Crippen molar-refractivity contribution in [2.24, 2.45) is 22.5 Å². The van der Waals surface area contributed by atoms with Gasteiger partial charge in [0.15, 0.2) is 5.78 Å². The van der Waals surface area contributed by atoms with Crippen LogP contribution in [0.4, 0.5) is 0 Å². The van der Waals surface area contributed by atoms with E-state index in [1.165, 1.54) is 5.57 Å². The number of hydrogen-bond donors (Lipinski definition) is 8. The normalized spacial score (nSPS) is 33.4. The minimum absolute atomic E-state index is 0.00596. The molecule has 338 valence electrons. The fourth-order valence-electron chi connectivity index (χ4n) is 11.7. The average molecular weight is 860 g/mol. The molecule has 2 bridgehead atoms. The summed E-state index contributed by atoms with van der Waals surface area (Å²) in [4.78, 5) is 28.3. The van der Waals surface area contributed by atoms with Gasteiger partial charge in [0, 0.05) is 23.8 Å². The van der Waals surface area contributed by atoms with Gasteiger partial charge in [-0.2, -0.15) is 0 Å². The van der Waals surface area contributed by atoms with Gasteiger partial charge in [-0.05, 0) is 149 Å². The van der Waals surface area contributed by atoms with Crippen LogP contribution < -0.4 is 16.4 Å². The van der Waals surface area contributed by atoms with Crippen molar-refractivity contribution in [3.63, 3.8) is 0 Å². The Labute approximate surface area is 373 Å². The number of nitrogens with one attached hydrogen (secondary N) is 2. The number of aryl methyl sites for hydroxylation is 1. The average Bonchev–Trinajstić information content (AvgIpc) is 3.53. The molecule has 2 aliphatic heterocycles. The van der Waals surface area contributed by atoms with Crippen molar-refractivity contribution in [1.82, 2.24) is 10.6 Å². The summed E-state index contributed by atoms with van der Waals surface area (Å²) in [6, 6.07) is 12.7. The monoisotopic (exact) mass is 860 g/mol. The van der Waals surface area contributed by atoms with E-state index in [1.807, 2.05) is 74.5 Å². The molecule has 0 radical (unpaired) electrons. The molecule has 2 spiro atoms. The molecule has 10 nitrogen and oxygen atoms in total. The van der Waals surface area contributed by atoms with Crippen molar-refractivity contribution < 1.29 is 35.1 Å². The first kappa shape index (κ1) is 46.7. The molecule has 2 heterocycles. The standard InChI is InChI=1S/C53H69N3O7/c1-32(2)9-6-10-33(3)25-37-19-22-52(39(27-37)31-57)23-24-53(50(52)62)44-18-17-40(58)28-36-12-7-11-35(26-36)15-16-41(59)30-55-47-46-38(13-8-14-43(46)48(54)56-49(47)61)29-45(60)34(4)42(44)20-21-51(53,5)63/h7-9,11-14,19,22,25-27,40-41,44,47-48,50,55,57-59,62-63H,3,6,10,15-18,20-21,23-24,28-31,54H2,1-2,4-5H3,(H,56,61)/t40-,41+,44?,47-,48+,50+,51+,52+,53+/m0/s1. The van der Waals surface area contributed by atoms with Crippen LogP contribution in [0.2, 0.25) is 0 Å². The Bertz CT molecular complexity index is 2250. The van der Waals surface area contributed by atoms with E-state index < -0.39 is 52.9 Å². The lowest BCUT2D eigenvalue weighted by Crippen LogP contribution is -2.61. The highest BCUT2D eigenvalue weighted by molar-refractivity contribution is 5.98. The summed E-state index contributed by atoms with van der Waals surface area (Å²) in [5.74, 6) is -0.946. The highest BCUT2D eigenvalue weighted by Gasteiger charge is 2.68. The second-order valence-electron chi connectivity index (χ2n) is 19.5. The van der Waals surface area contributed by atoms with Crippen molar-refractivity contribution in [3.8, 4) is 0 Å². The zero-order chi connectivity index (χ0) is 45.3. The van der Waals surface area contributed by atoms with Crippen molar-refractivity contribution in [2.45, 2.75) is 141 Å². The van der Waals surface area contributed by atoms with Crippen LogP contribution in [-0.2, 0) is 28.9 Å². The first-order valence-electron chi connectivity index (χ1n) is 23.0. The highest BCUT2D eigenvalue weighted by Crippen LogP contribution is 2.67. The number of allylic oxidation sites excluding steroid dienone is 9. The van der Waals surface area contributed by atoms with Crippen LogP contribution in [0.1, 0.15) is 126 Å². The van der Waals surface area contributed by atoms with Crippen LogP contribution in [0.3, 0.4) is 0 Å². The number of amides is 1. The second-order valence-corrected chi connectivity index (χ2v) is 19.5. The highest BCUT2D eigenvalue weighted by atomic mass is 16.3. The third-order valence-electron chi connectivity index (χ3n) is 15.2. The van der Waals surface area contributed by atoms with Crippen LogP contribution in [-0.4, -0.2) is 74.3 Å².